The van der Waals surface area contributed by atoms with Crippen LogP contribution in [0.1, 0.15) is 46.2 Å². The zero-order valence-corrected chi connectivity index (χ0v) is 15.1. The first-order valence-electron chi connectivity index (χ1n) is 8.87. The number of H-pyrrole nitrogens is 1. The number of aromatic amines is 1. The second-order valence-corrected chi connectivity index (χ2v) is 6.35. The summed E-state index contributed by atoms with van der Waals surface area (Å²) < 4.78 is 0. The highest BCUT2D eigenvalue weighted by molar-refractivity contribution is 6.15. The normalized spacial score (nSPS) is 10.7. The molecule has 0 radical (unpaired) electrons. The molecule has 3 N–H and O–H groups in total. The average Bonchev–Trinajstić information content (AvgIpc) is 3.01. The number of aromatic nitrogens is 1. The zero-order chi connectivity index (χ0) is 18.5. The predicted octanol–water partition coefficient (Wildman–Crippen LogP) is 4.26. The highest BCUT2D eigenvalue weighted by Gasteiger charge is 2.19. The van der Waals surface area contributed by atoms with E-state index in [4.69, 9.17) is 0 Å². The van der Waals surface area contributed by atoms with Crippen LogP contribution in [0, 0.1) is 6.92 Å². The maximum absolute atomic E-state index is 12.6. The van der Waals surface area contributed by atoms with Crippen molar-refractivity contribution in [2.75, 3.05) is 11.9 Å². The molecule has 5 heteroatoms. The van der Waals surface area contributed by atoms with Gasteiger partial charge in [0, 0.05) is 23.0 Å². The Kier molecular flexibility index (Phi) is 5.37. The number of amides is 2. The molecule has 0 atom stereocenters. The molecule has 0 spiro atoms. The third-order valence-electron chi connectivity index (χ3n) is 4.30. The van der Waals surface area contributed by atoms with Gasteiger partial charge in [-0.15, -0.1) is 0 Å². The van der Waals surface area contributed by atoms with Crippen molar-refractivity contribution in [3.63, 3.8) is 0 Å². The lowest BCUT2D eigenvalue weighted by Gasteiger charge is -2.08. The molecular weight excluding hydrogens is 326 g/mol. The molecule has 0 bridgehead atoms. The summed E-state index contributed by atoms with van der Waals surface area (Å²) in [5.41, 5.74) is 3.35. The van der Waals surface area contributed by atoms with Crippen molar-refractivity contribution < 1.29 is 9.59 Å². The number of rotatable bonds is 6. The van der Waals surface area contributed by atoms with Crippen LogP contribution in [-0.2, 0) is 0 Å². The standard InChI is InChI=1S/C21H23N3O2/c1-3-4-13-22-21(26)19-18(16-7-5-6-8-17(16)23-19)24-20(25)15-11-9-14(2)10-12-15/h5-12,23H,3-4,13H2,1-2H3,(H,22,26)(H,24,25). The Morgan fingerprint density at radius 3 is 2.46 bits per heavy atom. The van der Waals surface area contributed by atoms with Crippen LogP contribution >= 0.6 is 0 Å². The molecule has 0 saturated heterocycles. The number of benzene rings is 2. The Balaban J connectivity index is 1.92. The van der Waals surface area contributed by atoms with Crippen molar-refractivity contribution in [3.05, 3.63) is 65.4 Å². The minimum atomic E-state index is -0.239. The monoisotopic (exact) mass is 349 g/mol. The number of para-hydroxylation sites is 1. The summed E-state index contributed by atoms with van der Waals surface area (Å²) in [6, 6.07) is 14.9. The number of anilines is 1. The molecule has 0 aliphatic heterocycles. The van der Waals surface area contributed by atoms with E-state index in [1.54, 1.807) is 12.1 Å². The first-order chi connectivity index (χ1) is 12.6. The van der Waals surface area contributed by atoms with E-state index in [1.807, 2.05) is 43.3 Å². The first-order valence-corrected chi connectivity index (χ1v) is 8.87. The molecule has 5 nitrogen and oxygen atoms in total. The molecule has 2 amide bonds. The fraction of sp³-hybridized carbons (Fsp3) is 0.238. The quantitative estimate of drug-likeness (QED) is 0.582. The SMILES string of the molecule is CCCCNC(=O)c1[nH]c2ccccc2c1NC(=O)c1ccc(C)cc1. The van der Waals surface area contributed by atoms with E-state index in [2.05, 4.69) is 22.5 Å². The van der Waals surface area contributed by atoms with Gasteiger partial charge in [-0.1, -0.05) is 49.2 Å². The number of unbranched alkanes of at least 4 members (excludes halogenated alkanes) is 1. The Labute approximate surface area is 152 Å². The summed E-state index contributed by atoms with van der Waals surface area (Å²) in [7, 11) is 0. The molecule has 3 rings (SSSR count). The second kappa shape index (κ2) is 7.87. The summed E-state index contributed by atoms with van der Waals surface area (Å²) in [6.07, 6.45) is 1.92. The number of fused-ring (bicyclic) bond motifs is 1. The minimum Gasteiger partial charge on any atom is -0.351 e. The third kappa shape index (κ3) is 3.77. The summed E-state index contributed by atoms with van der Waals surface area (Å²) in [4.78, 5) is 28.4. The lowest BCUT2D eigenvalue weighted by molar-refractivity contribution is 0.0950. The molecule has 0 saturated carbocycles. The van der Waals surface area contributed by atoms with Crippen LogP contribution in [0.5, 0.6) is 0 Å². The van der Waals surface area contributed by atoms with E-state index in [0.717, 1.165) is 29.3 Å². The number of hydrogen-bond acceptors (Lipinski definition) is 2. The topological polar surface area (TPSA) is 74.0 Å². The van der Waals surface area contributed by atoms with E-state index in [1.165, 1.54) is 0 Å². The van der Waals surface area contributed by atoms with Crippen LogP contribution in [-0.4, -0.2) is 23.3 Å². The van der Waals surface area contributed by atoms with Gasteiger partial charge >= 0.3 is 0 Å². The molecule has 1 heterocycles. The molecule has 0 fully saturated rings. The maximum atomic E-state index is 12.6. The number of hydrogen-bond donors (Lipinski definition) is 3. The Morgan fingerprint density at radius 1 is 1.00 bits per heavy atom. The Morgan fingerprint density at radius 2 is 1.73 bits per heavy atom. The van der Waals surface area contributed by atoms with Gasteiger partial charge in [0.2, 0.25) is 0 Å². The van der Waals surface area contributed by atoms with E-state index >= 15 is 0 Å². The maximum Gasteiger partial charge on any atom is 0.269 e. The van der Waals surface area contributed by atoms with E-state index in [-0.39, 0.29) is 11.8 Å². The van der Waals surface area contributed by atoms with Crippen LogP contribution in [0.3, 0.4) is 0 Å². The molecule has 26 heavy (non-hydrogen) atoms. The highest BCUT2D eigenvalue weighted by atomic mass is 16.2. The molecule has 0 unspecified atom stereocenters. The van der Waals surface area contributed by atoms with Gasteiger partial charge < -0.3 is 15.6 Å². The number of carbonyl (C=O) groups is 2. The number of carbonyl (C=O) groups excluding carboxylic acids is 2. The van der Waals surface area contributed by atoms with Gasteiger partial charge in [-0.05, 0) is 31.5 Å². The molecule has 134 valence electrons. The Hall–Kier alpha value is -3.08. The fourth-order valence-electron chi connectivity index (χ4n) is 2.80. The minimum absolute atomic E-state index is 0.214. The number of nitrogens with one attached hydrogen (secondary N) is 3. The first kappa shape index (κ1) is 17.7. The van der Waals surface area contributed by atoms with Gasteiger partial charge in [-0.3, -0.25) is 9.59 Å². The van der Waals surface area contributed by atoms with Crippen LogP contribution in [0.2, 0.25) is 0 Å². The molecule has 0 aliphatic rings. The Bertz CT molecular complexity index is 926. The van der Waals surface area contributed by atoms with E-state index < -0.39 is 0 Å². The van der Waals surface area contributed by atoms with Crippen LogP contribution in [0.25, 0.3) is 10.9 Å². The molecule has 3 aromatic rings. The molecule has 1 aromatic heterocycles. The van der Waals surface area contributed by atoms with Gasteiger partial charge in [0.05, 0.1) is 5.69 Å². The molecular formula is C21H23N3O2. The van der Waals surface area contributed by atoms with Gasteiger partial charge in [0.1, 0.15) is 5.69 Å². The third-order valence-corrected chi connectivity index (χ3v) is 4.30. The summed E-state index contributed by atoms with van der Waals surface area (Å²) >= 11 is 0. The summed E-state index contributed by atoms with van der Waals surface area (Å²) in [6.45, 7) is 4.65. The van der Waals surface area contributed by atoms with Gasteiger partial charge in [-0.2, -0.15) is 0 Å². The average molecular weight is 349 g/mol. The van der Waals surface area contributed by atoms with E-state index in [9.17, 15) is 9.59 Å². The molecule has 2 aromatic carbocycles. The summed E-state index contributed by atoms with van der Waals surface area (Å²) in [5.74, 6) is -0.453. The van der Waals surface area contributed by atoms with Crippen molar-refractivity contribution in [1.29, 1.82) is 0 Å². The van der Waals surface area contributed by atoms with Gasteiger partial charge in [0.25, 0.3) is 11.8 Å². The van der Waals surface area contributed by atoms with Crippen LogP contribution < -0.4 is 10.6 Å². The largest absolute Gasteiger partial charge is 0.351 e. The van der Waals surface area contributed by atoms with Gasteiger partial charge in [-0.25, -0.2) is 0 Å². The van der Waals surface area contributed by atoms with Crippen molar-refractivity contribution >= 4 is 28.4 Å². The van der Waals surface area contributed by atoms with Gasteiger partial charge in [0.15, 0.2) is 0 Å². The van der Waals surface area contributed by atoms with Crippen molar-refractivity contribution in [1.82, 2.24) is 10.3 Å². The van der Waals surface area contributed by atoms with Crippen molar-refractivity contribution in [2.45, 2.75) is 26.7 Å². The molecule has 0 aliphatic carbocycles. The lowest BCUT2D eigenvalue weighted by atomic mass is 10.1. The fourth-order valence-corrected chi connectivity index (χ4v) is 2.80. The summed E-state index contributed by atoms with van der Waals surface area (Å²) in [5, 5.41) is 6.62. The van der Waals surface area contributed by atoms with E-state index in [0.29, 0.717) is 23.5 Å². The lowest BCUT2D eigenvalue weighted by Crippen LogP contribution is -2.26. The van der Waals surface area contributed by atoms with Crippen LogP contribution in [0.15, 0.2) is 48.5 Å². The van der Waals surface area contributed by atoms with Crippen molar-refractivity contribution in [3.8, 4) is 0 Å². The predicted molar refractivity (Wildman–Crippen MR) is 105 cm³/mol. The smallest absolute Gasteiger partial charge is 0.269 e. The second-order valence-electron chi connectivity index (χ2n) is 6.35. The zero-order valence-electron chi connectivity index (χ0n) is 15.1. The number of aryl methyl sites for hydroxylation is 1. The van der Waals surface area contributed by atoms with Crippen LogP contribution in [0.4, 0.5) is 5.69 Å². The highest BCUT2D eigenvalue weighted by Crippen LogP contribution is 2.28. The van der Waals surface area contributed by atoms with Crippen molar-refractivity contribution in [2.24, 2.45) is 0 Å².